The van der Waals surface area contributed by atoms with Gasteiger partial charge in [0.25, 0.3) is 0 Å². The molecular formula is C21H22N2O4S. The fourth-order valence-corrected chi connectivity index (χ4v) is 3.59. The molecule has 7 heteroatoms. The van der Waals surface area contributed by atoms with Crippen molar-refractivity contribution in [3.8, 4) is 17.4 Å². The molecule has 0 atom stereocenters. The number of nitrogens with one attached hydrogen (secondary N) is 1. The molecule has 0 fully saturated rings. The SMILES string of the molecule is COc1ccc(CCS(=O)(=O)NCc2cccc(Oc3ccccn3)c2)cc1. The number of rotatable bonds is 9. The van der Waals surface area contributed by atoms with Crippen molar-refractivity contribution in [1.29, 1.82) is 0 Å². The van der Waals surface area contributed by atoms with Crippen molar-refractivity contribution < 1.29 is 17.9 Å². The number of hydrogen-bond acceptors (Lipinski definition) is 5. The predicted octanol–water partition coefficient (Wildman–Crippen LogP) is 3.54. The van der Waals surface area contributed by atoms with Gasteiger partial charge in [0.15, 0.2) is 0 Å². The normalized spacial score (nSPS) is 11.2. The Hall–Kier alpha value is -2.90. The van der Waals surface area contributed by atoms with Crippen LogP contribution in [0.15, 0.2) is 72.9 Å². The second-order valence-corrected chi connectivity index (χ2v) is 8.08. The third-order valence-electron chi connectivity index (χ3n) is 4.07. The molecule has 1 heterocycles. The van der Waals surface area contributed by atoms with E-state index in [9.17, 15) is 8.42 Å². The van der Waals surface area contributed by atoms with Crippen molar-refractivity contribution in [1.82, 2.24) is 9.71 Å². The Balaban J connectivity index is 1.54. The Kier molecular flexibility index (Phi) is 6.62. The van der Waals surface area contributed by atoms with Crippen LogP contribution in [0.4, 0.5) is 0 Å². The quantitative estimate of drug-likeness (QED) is 0.596. The summed E-state index contributed by atoms with van der Waals surface area (Å²) >= 11 is 0. The first-order valence-electron chi connectivity index (χ1n) is 8.82. The molecule has 0 saturated carbocycles. The van der Waals surface area contributed by atoms with Crippen molar-refractivity contribution in [3.63, 3.8) is 0 Å². The molecule has 0 aliphatic heterocycles. The number of aromatic nitrogens is 1. The van der Waals surface area contributed by atoms with E-state index in [-0.39, 0.29) is 12.3 Å². The summed E-state index contributed by atoms with van der Waals surface area (Å²) in [5, 5.41) is 0. The van der Waals surface area contributed by atoms with Gasteiger partial charge in [-0.1, -0.05) is 30.3 Å². The van der Waals surface area contributed by atoms with Crippen LogP contribution in [-0.4, -0.2) is 26.3 Å². The van der Waals surface area contributed by atoms with Crippen LogP contribution in [0.3, 0.4) is 0 Å². The first-order valence-corrected chi connectivity index (χ1v) is 10.5. The van der Waals surface area contributed by atoms with E-state index in [4.69, 9.17) is 9.47 Å². The summed E-state index contributed by atoms with van der Waals surface area (Å²) in [6, 6.07) is 20.0. The van der Waals surface area contributed by atoms with Crippen LogP contribution in [0.1, 0.15) is 11.1 Å². The number of benzene rings is 2. The fourth-order valence-electron chi connectivity index (χ4n) is 2.56. The van der Waals surface area contributed by atoms with E-state index >= 15 is 0 Å². The number of hydrogen-bond donors (Lipinski definition) is 1. The molecular weight excluding hydrogens is 376 g/mol. The first kappa shape index (κ1) is 19.9. The summed E-state index contributed by atoms with van der Waals surface area (Å²) in [4.78, 5) is 4.11. The van der Waals surface area contributed by atoms with Gasteiger partial charge in [0, 0.05) is 18.8 Å². The van der Waals surface area contributed by atoms with Gasteiger partial charge < -0.3 is 9.47 Å². The molecule has 146 valence electrons. The van der Waals surface area contributed by atoms with Gasteiger partial charge in [-0.2, -0.15) is 0 Å². The first-order chi connectivity index (χ1) is 13.5. The van der Waals surface area contributed by atoms with Crippen molar-refractivity contribution in [2.24, 2.45) is 0 Å². The van der Waals surface area contributed by atoms with Gasteiger partial charge in [-0.05, 0) is 47.9 Å². The third-order valence-corrected chi connectivity index (χ3v) is 5.40. The van der Waals surface area contributed by atoms with Crippen LogP contribution in [0.2, 0.25) is 0 Å². The molecule has 0 aliphatic rings. The molecule has 6 nitrogen and oxygen atoms in total. The van der Waals surface area contributed by atoms with Crippen molar-refractivity contribution in [2.45, 2.75) is 13.0 Å². The summed E-state index contributed by atoms with van der Waals surface area (Å²) in [6.45, 7) is 0.199. The second-order valence-electron chi connectivity index (χ2n) is 6.16. The monoisotopic (exact) mass is 398 g/mol. The highest BCUT2D eigenvalue weighted by Crippen LogP contribution is 2.20. The van der Waals surface area contributed by atoms with E-state index in [1.165, 1.54) is 0 Å². The zero-order valence-electron chi connectivity index (χ0n) is 15.5. The number of sulfonamides is 1. The summed E-state index contributed by atoms with van der Waals surface area (Å²) in [7, 11) is -1.80. The Morgan fingerprint density at radius 1 is 0.929 bits per heavy atom. The maximum absolute atomic E-state index is 12.3. The summed E-state index contributed by atoms with van der Waals surface area (Å²) in [5.41, 5.74) is 1.75. The highest BCUT2D eigenvalue weighted by Gasteiger charge is 2.11. The molecule has 0 bridgehead atoms. The number of methoxy groups -OCH3 is 1. The van der Waals surface area contributed by atoms with Gasteiger partial charge in [0.1, 0.15) is 11.5 Å². The molecule has 0 radical (unpaired) electrons. The van der Waals surface area contributed by atoms with Crippen LogP contribution < -0.4 is 14.2 Å². The Morgan fingerprint density at radius 2 is 1.75 bits per heavy atom. The fraction of sp³-hybridized carbons (Fsp3) is 0.190. The van der Waals surface area contributed by atoms with Gasteiger partial charge in [0.2, 0.25) is 15.9 Å². The topological polar surface area (TPSA) is 77.5 Å². The maximum Gasteiger partial charge on any atom is 0.219 e. The number of pyridine rings is 1. The molecule has 0 amide bonds. The van der Waals surface area contributed by atoms with Crippen molar-refractivity contribution >= 4 is 10.0 Å². The van der Waals surface area contributed by atoms with Gasteiger partial charge >= 0.3 is 0 Å². The molecule has 0 unspecified atom stereocenters. The molecule has 0 spiro atoms. The molecule has 3 rings (SSSR count). The third kappa shape index (κ3) is 6.07. The Bertz CT molecular complexity index is 990. The zero-order valence-corrected chi connectivity index (χ0v) is 16.4. The van der Waals surface area contributed by atoms with E-state index < -0.39 is 10.0 Å². The maximum atomic E-state index is 12.3. The van der Waals surface area contributed by atoms with E-state index in [0.717, 1.165) is 16.9 Å². The minimum Gasteiger partial charge on any atom is -0.497 e. The molecule has 1 N–H and O–H groups in total. The van der Waals surface area contributed by atoms with Crippen molar-refractivity contribution in [2.75, 3.05) is 12.9 Å². The van der Waals surface area contributed by atoms with Crippen molar-refractivity contribution in [3.05, 3.63) is 84.1 Å². The van der Waals surface area contributed by atoms with Crippen LogP contribution in [0.5, 0.6) is 17.4 Å². The predicted molar refractivity (Wildman–Crippen MR) is 108 cm³/mol. The van der Waals surface area contributed by atoms with E-state index in [1.807, 2.05) is 48.5 Å². The molecule has 1 aromatic heterocycles. The van der Waals surface area contributed by atoms with Gasteiger partial charge in [-0.25, -0.2) is 18.1 Å². The van der Waals surface area contributed by atoms with E-state index in [2.05, 4.69) is 9.71 Å². The zero-order chi connectivity index (χ0) is 19.8. The van der Waals surface area contributed by atoms with Crippen LogP contribution in [0.25, 0.3) is 0 Å². The summed E-state index contributed by atoms with van der Waals surface area (Å²) in [5.74, 6) is 1.86. The average Bonchev–Trinajstić information content (AvgIpc) is 2.72. The summed E-state index contributed by atoms with van der Waals surface area (Å²) < 4.78 is 38.0. The lowest BCUT2D eigenvalue weighted by atomic mass is 10.2. The average molecular weight is 398 g/mol. The number of nitrogens with zero attached hydrogens (tertiary/aromatic N) is 1. The van der Waals surface area contributed by atoms with E-state index in [0.29, 0.717) is 18.1 Å². The molecule has 28 heavy (non-hydrogen) atoms. The minimum absolute atomic E-state index is 0.0173. The van der Waals surface area contributed by atoms with Gasteiger partial charge in [-0.3, -0.25) is 0 Å². The smallest absolute Gasteiger partial charge is 0.219 e. The largest absolute Gasteiger partial charge is 0.497 e. The minimum atomic E-state index is -3.40. The standard InChI is InChI=1S/C21H22N2O4S/c1-26-19-10-8-17(9-11-19)12-14-28(24,25)23-16-18-5-4-6-20(15-18)27-21-7-2-3-13-22-21/h2-11,13,15,23H,12,14,16H2,1H3. The Morgan fingerprint density at radius 3 is 2.46 bits per heavy atom. The number of ether oxygens (including phenoxy) is 2. The highest BCUT2D eigenvalue weighted by molar-refractivity contribution is 7.89. The van der Waals surface area contributed by atoms with Crippen LogP contribution in [-0.2, 0) is 23.0 Å². The molecule has 0 aliphatic carbocycles. The van der Waals surface area contributed by atoms with Gasteiger partial charge in [0.05, 0.1) is 12.9 Å². The van der Waals surface area contributed by atoms with Gasteiger partial charge in [-0.15, -0.1) is 0 Å². The molecule has 3 aromatic rings. The van der Waals surface area contributed by atoms with E-state index in [1.54, 1.807) is 31.5 Å². The highest BCUT2D eigenvalue weighted by atomic mass is 32.2. The summed E-state index contributed by atoms with van der Waals surface area (Å²) in [6.07, 6.45) is 2.08. The lowest BCUT2D eigenvalue weighted by Gasteiger charge is -2.09. The Labute approximate surface area is 165 Å². The van der Waals surface area contributed by atoms with Crippen LogP contribution >= 0.6 is 0 Å². The molecule has 0 saturated heterocycles. The number of aryl methyl sites for hydroxylation is 1. The second kappa shape index (κ2) is 9.34. The lowest BCUT2D eigenvalue weighted by Crippen LogP contribution is -2.26. The molecule has 2 aromatic carbocycles. The lowest BCUT2D eigenvalue weighted by molar-refractivity contribution is 0.414. The van der Waals surface area contributed by atoms with Crippen LogP contribution in [0, 0.1) is 0 Å².